The van der Waals surface area contributed by atoms with Crippen LogP contribution in [0.2, 0.25) is 0 Å². The van der Waals surface area contributed by atoms with Crippen molar-refractivity contribution in [2.75, 3.05) is 0 Å². The number of benzene rings is 1. The molecular weight excluding hydrogens is 262 g/mol. The van der Waals surface area contributed by atoms with Crippen LogP contribution < -0.4 is 9.75 Å². The third kappa shape index (κ3) is 2.16. The van der Waals surface area contributed by atoms with E-state index >= 15 is 0 Å². The fraction of sp³-hybridized carbons (Fsp3) is 0.167. The lowest BCUT2D eigenvalue weighted by atomic mass is 10.0. The molecule has 100 valence electrons. The van der Waals surface area contributed by atoms with E-state index in [9.17, 15) is 0 Å². The number of thiophene rings is 1. The normalized spacial score (nSPS) is 11.3. The SMILES string of the molecule is C=c1sc2ccc(-c3cc(C(C)C)ccn3)cc2c1=C. The van der Waals surface area contributed by atoms with Crippen LogP contribution in [0, 0.1) is 0 Å². The van der Waals surface area contributed by atoms with E-state index in [1.807, 2.05) is 6.20 Å². The molecule has 0 radical (unpaired) electrons. The highest BCUT2D eigenvalue weighted by molar-refractivity contribution is 7.17. The zero-order chi connectivity index (χ0) is 14.3. The van der Waals surface area contributed by atoms with E-state index in [1.165, 1.54) is 15.6 Å². The van der Waals surface area contributed by atoms with Crippen molar-refractivity contribution in [3.63, 3.8) is 0 Å². The minimum Gasteiger partial charge on any atom is -0.256 e. The van der Waals surface area contributed by atoms with Crippen LogP contribution in [0.15, 0.2) is 36.5 Å². The lowest BCUT2D eigenvalue weighted by molar-refractivity contribution is 0.864. The first-order valence-corrected chi connectivity index (χ1v) is 7.54. The van der Waals surface area contributed by atoms with Gasteiger partial charge in [0.05, 0.1) is 5.69 Å². The molecule has 0 aliphatic rings. The maximum absolute atomic E-state index is 4.50. The zero-order valence-electron chi connectivity index (χ0n) is 11.8. The Morgan fingerprint density at radius 3 is 2.65 bits per heavy atom. The van der Waals surface area contributed by atoms with Crippen molar-refractivity contribution < 1.29 is 0 Å². The Morgan fingerprint density at radius 1 is 1.10 bits per heavy atom. The molecule has 0 fully saturated rings. The van der Waals surface area contributed by atoms with Crippen LogP contribution in [0.4, 0.5) is 0 Å². The van der Waals surface area contributed by atoms with Crippen LogP contribution in [0.25, 0.3) is 34.5 Å². The second kappa shape index (κ2) is 4.88. The fourth-order valence-corrected chi connectivity index (χ4v) is 3.25. The van der Waals surface area contributed by atoms with Crippen LogP contribution in [0.3, 0.4) is 0 Å². The summed E-state index contributed by atoms with van der Waals surface area (Å²) < 4.78 is 2.28. The monoisotopic (exact) mass is 279 g/mol. The summed E-state index contributed by atoms with van der Waals surface area (Å²) in [6.45, 7) is 12.6. The second-order valence-corrected chi connectivity index (χ2v) is 6.48. The molecule has 1 aromatic carbocycles. The Morgan fingerprint density at radius 2 is 1.90 bits per heavy atom. The largest absolute Gasteiger partial charge is 0.256 e. The molecular formula is C18H17NS. The van der Waals surface area contributed by atoms with Gasteiger partial charge in [-0.3, -0.25) is 4.98 Å². The molecule has 0 aliphatic carbocycles. The highest BCUT2D eigenvalue weighted by Crippen LogP contribution is 2.25. The molecule has 0 saturated heterocycles. The van der Waals surface area contributed by atoms with Crippen molar-refractivity contribution in [3.05, 3.63) is 51.8 Å². The van der Waals surface area contributed by atoms with E-state index in [0.717, 1.165) is 21.0 Å². The molecule has 2 heteroatoms. The summed E-state index contributed by atoms with van der Waals surface area (Å²) in [7, 11) is 0. The van der Waals surface area contributed by atoms with Gasteiger partial charge in [0.2, 0.25) is 0 Å². The van der Waals surface area contributed by atoms with Gasteiger partial charge in [0.1, 0.15) is 0 Å². The topological polar surface area (TPSA) is 12.9 Å². The highest BCUT2D eigenvalue weighted by atomic mass is 32.1. The van der Waals surface area contributed by atoms with Crippen LogP contribution in [0.5, 0.6) is 0 Å². The van der Waals surface area contributed by atoms with Crippen molar-refractivity contribution in [2.24, 2.45) is 0 Å². The molecule has 3 rings (SSSR count). The lowest BCUT2D eigenvalue weighted by Gasteiger charge is -2.07. The van der Waals surface area contributed by atoms with Gasteiger partial charge in [-0.2, -0.15) is 0 Å². The first-order valence-electron chi connectivity index (χ1n) is 6.73. The van der Waals surface area contributed by atoms with E-state index in [0.29, 0.717) is 5.92 Å². The summed E-state index contributed by atoms with van der Waals surface area (Å²) in [4.78, 5) is 4.50. The Kier molecular flexibility index (Phi) is 3.19. The van der Waals surface area contributed by atoms with E-state index in [2.05, 4.69) is 62.3 Å². The molecule has 0 amide bonds. The van der Waals surface area contributed by atoms with Gasteiger partial charge in [-0.15, -0.1) is 11.3 Å². The van der Waals surface area contributed by atoms with E-state index < -0.39 is 0 Å². The molecule has 2 aromatic heterocycles. The number of nitrogens with zero attached hydrogens (tertiary/aromatic N) is 1. The van der Waals surface area contributed by atoms with Gasteiger partial charge in [0.15, 0.2) is 0 Å². The highest BCUT2D eigenvalue weighted by Gasteiger charge is 2.06. The molecule has 0 saturated carbocycles. The first kappa shape index (κ1) is 13.1. The smallest absolute Gasteiger partial charge is 0.0705 e. The van der Waals surface area contributed by atoms with Crippen LogP contribution in [-0.4, -0.2) is 4.98 Å². The number of aromatic nitrogens is 1. The van der Waals surface area contributed by atoms with Gasteiger partial charge in [-0.1, -0.05) is 33.1 Å². The molecule has 0 aliphatic heterocycles. The van der Waals surface area contributed by atoms with Crippen LogP contribution in [0.1, 0.15) is 25.3 Å². The van der Waals surface area contributed by atoms with Gasteiger partial charge < -0.3 is 0 Å². The average molecular weight is 279 g/mol. The summed E-state index contributed by atoms with van der Waals surface area (Å²) >= 11 is 1.70. The Hall–Kier alpha value is -1.93. The Labute approximate surface area is 122 Å². The number of fused-ring (bicyclic) bond motifs is 1. The maximum Gasteiger partial charge on any atom is 0.0705 e. The minimum atomic E-state index is 0.511. The molecule has 0 spiro atoms. The minimum absolute atomic E-state index is 0.511. The second-order valence-electron chi connectivity index (χ2n) is 5.34. The van der Waals surface area contributed by atoms with E-state index in [4.69, 9.17) is 0 Å². The van der Waals surface area contributed by atoms with Gasteiger partial charge in [-0.25, -0.2) is 0 Å². The summed E-state index contributed by atoms with van der Waals surface area (Å²) in [6, 6.07) is 10.7. The molecule has 2 heterocycles. The molecule has 3 aromatic rings. The molecule has 0 bridgehead atoms. The third-order valence-electron chi connectivity index (χ3n) is 3.62. The van der Waals surface area contributed by atoms with E-state index in [1.54, 1.807) is 11.3 Å². The Balaban J connectivity index is 2.19. The van der Waals surface area contributed by atoms with Gasteiger partial charge in [0, 0.05) is 26.4 Å². The number of rotatable bonds is 2. The fourth-order valence-electron chi connectivity index (χ4n) is 2.32. The average Bonchev–Trinajstić information content (AvgIpc) is 2.74. The third-order valence-corrected chi connectivity index (χ3v) is 4.69. The summed E-state index contributed by atoms with van der Waals surface area (Å²) in [5.74, 6) is 0.511. The van der Waals surface area contributed by atoms with Crippen molar-refractivity contribution >= 4 is 34.6 Å². The van der Waals surface area contributed by atoms with Crippen molar-refractivity contribution in [2.45, 2.75) is 19.8 Å². The molecule has 0 N–H and O–H groups in total. The standard InChI is InChI=1S/C18H17NS/c1-11(2)14-7-8-19-17(10-14)15-5-6-18-16(9-15)12(3)13(4)20-18/h5-11H,3-4H2,1-2H3. The molecule has 0 unspecified atom stereocenters. The summed E-state index contributed by atoms with van der Waals surface area (Å²) in [5, 5.41) is 2.22. The number of hydrogen-bond acceptors (Lipinski definition) is 2. The van der Waals surface area contributed by atoms with E-state index in [-0.39, 0.29) is 0 Å². The van der Waals surface area contributed by atoms with Crippen LogP contribution in [-0.2, 0) is 0 Å². The van der Waals surface area contributed by atoms with Crippen molar-refractivity contribution in [1.82, 2.24) is 4.98 Å². The molecule has 1 nitrogen and oxygen atoms in total. The van der Waals surface area contributed by atoms with Gasteiger partial charge >= 0.3 is 0 Å². The predicted molar refractivity (Wildman–Crippen MR) is 89.4 cm³/mol. The zero-order valence-corrected chi connectivity index (χ0v) is 12.6. The van der Waals surface area contributed by atoms with Crippen molar-refractivity contribution in [1.29, 1.82) is 0 Å². The summed E-state index contributed by atoms with van der Waals surface area (Å²) in [5.41, 5.74) is 3.48. The predicted octanol–water partition coefficient (Wildman–Crippen LogP) is 3.91. The number of pyridine rings is 1. The lowest BCUT2D eigenvalue weighted by Crippen LogP contribution is -2.13. The Bertz CT molecular complexity index is 874. The van der Waals surface area contributed by atoms with Crippen LogP contribution >= 0.6 is 11.3 Å². The maximum atomic E-state index is 4.50. The van der Waals surface area contributed by atoms with Gasteiger partial charge in [-0.05, 0) is 41.0 Å². The quantitative estimate of drug-likeness (QED) is 0.693. The molecule has 20 heavy (non-hydrogen) atoms. The van der Waals surface area contributed by atoms with Crippen molar-refractivity contribution in [3.8, 4) is 11.3 Å². The molecule has 0 atom stereocenters. The summed E-state index contributed by atoms with van der Waals surface area (Å²) in [6.07, 6.45) is 1.89. The number of hydrogen-bond donors (Lipinski definition) is 0. The first-order chi connectivity index (χ1) is 9.56. The van der Waals surface area contributed by atoms with Gasteiger partial charge in [0.25, 0.3) is 0 Å².